The molecule has 2 unspecified atom stereocenters. The van der Waals surface area contributed by atoms with Gasteiger partial charge in [-0.05, 0) is 12.5 Å². The third-order valence-electron chi connectivity index (χ3n) is 2.72. The Morgan fingerprint density at radius 1 is 1.35 bits per heavy atom. The predicted molar refractivity (Wildman–Crippen MR) is 67.8 cm³/mol. The lowest BCUT2D eigenvalue weighted by molar-refractivity contribution is -0.125. The Morgan fingerprint density at radius 3 is 2.47 bits per heavy atom. The molecule has 0 bridgehead atoms. The van der Waals surface area contributed by atoms with Crippen LogP contribution in [0.1, 0.15) is 30.6 Å². The molecular weight excluding hydrogens is 287 g/mol. The van der Waals surface area contributed by atoms with Gasteiger partial charge in [-0.2, -0.15) is 0 Å². The number of benzene rings is 1. The highest BCUT2D eigenvalue weighted by molar-refractivity contribution is 9.10. The highest BCUT2D eigenvalue weighted by Gasteiger charge is 2.30. The molecule has 17 heavy (non-hydrogen) atoms. The highest BCUT2D eigenvalue weighted by atomic mass is 79.9. The molecule has 0 saturated heterocycles. The molecule has 0 aromatic heterocycles. The normalized spacial score (nSPS) is 14.1. The van der Waals surface area contributed by atoms with Gasteiger partial charge in [-0.25, -0.2) is 4.39 Å². The number of Topliss-reactive ketones (excluding diaryl/α,β-unsaturated/α-hetero) is 2. The second-order valence-electron chi connectivity index (χ2n) is 3.92. The number of carbonyl (C=O) groups is 2. The van der Waals surface area contributed by atoms with Crippen molar-refractivity contribution < 1.29 is 14.0 Å². The zero-order valence-electron chi connectivity index (χ0n) is 9.74. The summed E-state index contributed by atoms with van der Waals surface area (Å²) in [6.07, 6.45) is -1.54. The summed E-state index contributed by atoms with van der Waals surface area (Å²) in [7, 11) is 0. The van der Waals surface area contributed by atoms with Crippen LogP contribution in [0.4, 0.5) is 4.39 Å². The number of alkyl halides is 1. The van der Waals surface area contributed by atoms with Crippen LogP contribution in [-0.4, -0.2) is 17.7 Å². The molecule has 92 valence electrons. The van der Waals surface area contributed by atoms with E-state index >= 15 is 0 Å². The summed E-state index contributed by atoms with van der Waals surface area (Å²) in [5.74, 6) is -1.85. The predicted octanol–water partition coefficient (Wildman–Crippen LogP) is 3.59. The van der Waals surface area contributed by atoms with Crippen LogP contribution in [0.2, 0.25) is 0 Å². The average molecular weight is 301 g/mol. The first kappa shape index (κ1) is 14.0. The van der Waals surface area contributed by atoms with Gasteiger partial charge in [0.25, 0.3) is 0 Å². The van der Waals surface area contributed by atoms with Gasteiger partial charge in [-0.1, -0.05) is 48.0 Å². The summed E-state index contributed by atoms with van der Waals surface area (Å²) in [6, 6.07) is 6.51. The maximum atomic E-state index is 13.8. The van der Waals surface area contributed by atoms with E-state index < -0.39 is 23.7 Å². The summed E-state index contributed by atoms with van der Waals surface area (Å²) < 4.78 is 14.3. The zero-order chi connectivity index (χ0) is 13.0. The van der Waals surface area contributed by atoms with Gasteiger partial charge in [-0.15, -0.1) is 0 Å². The molecule has 0 amide bonds. The fourth-order valence-electron chi connectivity index (χ4n) is 1.38. The van der Waals surface area contributed by atoms with Crippen LogP contribution >= 0.6 is 15.9 Å². The number of halogens is 2. The smallest absolute Gasteiger partial charge is 0.221 e. The van der Waals surface area contributed by atoms with Crippen LogP contribution in [-0.2, 0) is 4.79 Å². The van der Waals surface area contributed by atoms with Gasteiger partial charge in [0.2, 0.25) is 12.0 Å². The van der Waals surface area contributed by atoms with Crippen molar-refractivity contribution in [3.8, 4) is 0 Å². The van der Waals surface area contributed by atoms with Gasteiger partial charge >= 0.3 is 0 Å². The fraction of sp³-hybridized carbons (Fsp3) is 0.385. The Kier molecular flexibility index (Phi) is 5.00. The fourth-order valence-corrected chi connectivity index (χ4v) is 1.86. The maximum Gasteiger partial charge on any atom is 0.221 e. The van der Waals surface area contributed by atoms with Crippen molar-refractivity contribution in [2.75, 3.05) is 0 Å². The average Bonchev–Trinajstić information content (AvgIpc) is 2.35. The van der Waals surface area contributed by atoms with E-state index in [2.05, 4.69) is 15.9 Å². The van der Waals surface area contributed by atoms with E-state index in [0.29, 0.717) is 10.9 Å². The Hall–Kier alpha value is -1.03. The summed E-state index contributed by atoms with van der Waals surface area (Å²) in [6.45, 7) is 3.42. The van der Waals surface area contributed by atoms with Gasteiger partial charge < -0.3 is 0 Å². The molecule has 0 fully saturated rings. The molecule has 0 radical (unpaired) electrons. The summed E-state index contributed by atoms with van der Waals surface area (Å²) >= 11 is 3.17. The van der Waals surface area contributed by atoms with Gasteiger partial charge in [0, 0.05) is 16.0 Å². The molecule has 0 heterocycles. The number of hydrogen-bond donors (Lipinski definition) is 0. The van der Waals surface area contributed by atoms with E-state index in [1.165, 1.54) is 6.07 Å². The SMILES string of the molecule is CCC(C)C(=O)C(F)C(=O)c1ccccc1Br. The van der Waals surface area contributed by atoms with Crippen LogP contribution < -0.4 is 0 Å². The monoisotopic (exact) mass is 300 g/mol. The lowest BCUT2D eigenvalue weighted by atomic mass is 9.95. The van der Waals surface area contributed by atoms with Crippen molar-refractivity contribution >= 4 is 27.5 Å². The second kappa shape index (κ2) is 6.05. The van der Waals surface area contributed by atoms with Gasteiger partial charge in [0.05, 0.1) is 0 Å². The van der Waals surface area contributed by atoms with E-state index in [0.717, 1.165) is 0 Å². The van der Waals surface area contributed by atoms with Crippen molar-refractivity contribution in [1.29, 1.82) is 0 Å². The van der Waals surface area contributed by atoms with Gasteiger partial charge in [-0.3, -0.25) is 9.59 Å². The van der Waals surface area contributed by atoms with Gasteiger partial charge in [0.15, 0.2) is 5.78 Å². The van der Waals surface area contributed by atoms with E-state index in [-0.39, 0.29) is 5.56 Å². The van der Waals surface area contributed by atoms with Crippen LogP contribution in [0.15, 0.2) is 28.7 Å². The van der Waals surface area contributed by atoms with Crippen LogP contribution in [0.3, 0.4) is 0 Å². The first-order valence-corrected chi connectivity index (χ1v) is 6.24. The molecule has 0 aliphatic heterocycles. The molecule has 1 rings (SSSR count). The third-order valence-corrected chi connectivity index (χ3v) is 3.41. The van der Waals surface area contributed by atoms with Crippen molar-refractivity contribution in [3.63, 3.8) is 0 Å². The molecule has 0 saturated carbocycles. The molecule has 0 aliphatic rings. The van der Waals surface area contributed by atoms with Gasteiger partial charge in [0.1, 0.15) is 0 Å². The zero-order valence-corrected chi connectivity index (χ0v) is 11.3. The standard InChI is InChI=1S/C13H14BrFO2/c1-3-8(2)12(16)11(15)13(17)9-6-4-5-7-10(9)14/h4-8,11H,3H2,1-2H3. The summed E-state index contributed by atoms with van der Waals surface area (Å²) in [5.41, 5.74) is 0.205. The topological polar surface area (TPSA) is 34.1 Å². The molecule has 4 heteroatoms. The first-order chi connectivity index (χ1) is 7.99. The molecule has 2 nitrogen and oxygen atoms in total. The molecule has 0 N–H and O–H groups in total. The van der Waals surface area contributed by atoms with E-state index in [4.69, 9.17) is 0 Å². The molecule has 0 aliphatic carbocycles. The molecule has 1 aromatic carbocycles. The van der Waals surface area contributed by atoms with Crippen molar-refractivity contribution in [1.82, 2.24) is 0 Å². The number of rotatable bonds is 5. The Morgan fingerprint density at radius 2 is 1.94 bits per heavy atom. The van der Waals surface area contributed by atoms with E-state index in [9.17, 15) is 14.0 Å². The number of ketones is 2. The third kappa shape index (κ3) is 3.22. The molecular formula is C13H14BrFO2. The summed E-state index contributed by atoms with van der Waals surface area (Å²) in [5, 5.41) is 0. The Bertz CT molecular complexity index is 431. The Balaban J connectivity index is 2.91. The summed E-state index contributed by atoms with van der Waals surface area (Å²) in [4.78, 5) is 23.4. The van der Waals surface area contributed by atoms with E-state index in [1.54, 1.807) is 32.0 Å². The molecule has 2 atom stereocenters. The van der Waals surface area contributed by atoms with Crippen LogP contribution in [0, 0.1) is 5.92 Å². The van der Waals surface area contributed by atoms with Crippen molar-refractivity contribution in [2.24, 2.45) is 5.92 Å². The van der Waals surface area contributed by atoms with Crippen LogP contribution in [0.25, 0.3) is 0 Å². The highest BCUT2D eigenvalue weighted by Crippen LogP contribution is 2.20. The lowest BCUT2D eigenvalue weighted by Gasteiger charge is -2.11. The van der Waals surface area contributed by atoms with E-state index in [1.807, 2.05) is 0 Å². The minimum atomic E-state index is -2.07. The Labute approximate surface area is 108 Å². The number of hydrogen-bond acceptors (Lipinski definition) is 2. The lowest BCUT2D eigenvalue weighted by Crippen LogP contribution is -2.30. The largest absolute Gasteiger partial charge is 0.296 e. The minimum Gasteiger partial charge on any atom is -0.296 e. The van der Waals surface area contributed by atoms with Crippen molar-refractivity contribution in [3.05, 3.63) is 34.3 Å². The maximum absolute atomic E-state index is 13.8. The van der Waals surface area contributed by atoms with Crippen LogP contribution in [0.5, 0.6) is 0 Å². The quantitative estimate of drug-likeness (QED) is 0.615. The molecule has 0 spiro atoms. The molecule has 1 aromatic rings. The number of carbonyl (C=O) groups excluding carboxylic acids is 2. The van der Waals surface area contributed by atoms with Crippen molar-refractivity contribution in [2.45, 2.75) is 26.4 Å². The first-order valence-electron chi connectivity index (χ1n) is 5.45. The second-order valence-corrected chi connectivity index (χ2v) is 4.77. The minimum absolute atomic E-state index is 0.205.